The maximum Gasteiger partial charge on any atom is 0.207 e. The molecule has 0 aliphatic carbocycles. The number of nitrogens with one attached hydrogen (secondary N) is 1. The first-order chi connectivity index (χ1) is 15.3. The number of carbonyl (C=O) groups is 2. The number of halogens is 2. The minimum atomic E-state index is -0.201. The standard InChI is InChI=1S/C13H15FN2.C10H12ClNO.CH3NO/c1-9(2)16-13(10(3)8-15-16)11-6-4-5-7-12(11)14;1-2-10(12-7-13)8-4-3-5-9(11)6-8;2-1-3/h4-9H,1-3H3;3-7,10H,2H2,1H3,(H,12,13);1H,(H2,2,3). The van der Waals surface area contributed by atoms with Crippen molar-refractivity contribution in [2.75, 3.05) is 0 Å². The molecule has 0 spiro atoms. The van der Waals surface area contributed by atoms with Crippen LogP contribution in [0.4, 0.5) is 4.39 Å². The Hall–Kier alpha value is -3.19. The van der Waals surface area contributed by atoms with Gasteiger partial charge in [-0.25, -0.2) is 4.39 Å². The van der Waals surface area contributed by atoms with Crippen LogP contribution in [-0.2, 0) is 9.59 Å². The Morgan fingerprint density at radius 1 is 1.19 bits per heavy atom. The number of hydrogen-bond acceptors (Lipinski definition) is 3. The van der Waals surface area contributed by atoms with Crippen LogP contribution in [0.3, 0.4) is 0 Å². The fraction of sp³-hybridized carbons (Fsp3) is 0.292. The van der Waals surface area contributed by atoms with Crippen molar-refractivity contribution >= 4 is 24.4 Å². The quantitative estimate of drug-likeness (QED) is 0.494. The zero-order chi connectivity index (χ0) is 24.1. The van der Waals surface area contributed by atoms with Crippen LogP contribution in [0.15, 0.2) is 54.7 Å². The zero-order valence-corrected chi connectivity index (χ0v) is 19.5. The number of hydrogen-bond donors (Lipinski definition) is 2. The number of amides is 2. The van der Waals surface area contributed by atoms with E-state index < -0.39 is 0 Å². The van der Waals surface area contributed by atoms with E-state index in [1.165, 1.54) is 6.07 Å². The topological polar surface area (TPSA) is 90.0 Å². The van der Waals surface area contributed by atoms with E-state index in [9.17, 15) is 9.18 Å². The first-order valence-corrected chi connectivity index (χ1v) is 10.6. The van der Waals surface area contributed by atoms with Crippen molar-refractivity contribution in [3.63, 3.8) is 0 Å². The zero-order valence-electron chi connectivity index (χ0n) is 18.8. The summed E-state index contributed by atoms with van der Waals surface area (Å²) < 4.78 is 15.6. The number of carbonyl (C=O) groups excluding carboxylic acids is 2. The summed E-state index contributed by atoms with van der Waals surface area (Å²) in [4.78, 5) is 18.9. The van der Waals surface area contributed by atoms with Crippen LogP contribution in [0.25, 0.3) is 11.3 Å². The summed E-state index contributed by atoms with van der Waals surface area (Å²) in [6.07, 6.45) is 3.61. The van der Waals surface area contributed by atoms with Gasteiger partial charge in [0.05, 0.1) is 17.9 Å². The monoisotopic (exact) mass is 460 g/mol. The van der Waals surface area contributed by atoms with E-state index >= 15 is 0 Å². The average Bonchev–Trinajstić information content (AvgIpc) is 3.15. The molecule has 2 aromatic carbocycles. The van der Waals surface area contributed by atoms with Crippen molar-refractivity contribution < 1.29 is 14.0 Å². The van der Waals surface area contributed by atoms with E-state index in [0.29, 0.717) is 10.6 Å². The van der Waals surface area contributed by atoms with Gasteiger partial charge in [0.2, 0.25) is 12.8 Å². The summed E-state index contributed by atoms with van der Waals surface area (Å²) in [6.45, 7) is 8.04. The van der Waals surface area contributed by atoms with Crippen LogP contribution >= 0.6 is 11.6 Å². The summed E-state index contributed by atoms with van der Waals surface area (Å²) >= 11 is 5.83. The van der Waals surface area contributed by atoms with Gasteiger partial charge < -0.3 is 11.1 Å². The molecule has 0 fully saturated rings. The Labute approximate surface area is 193 Å². The Kier molecular flexibility index (Phi) is 11.7. The average molecular weight is 461 g/mol. The molecular weight excluding hydrogens is 431 g/mol. The number of nitrogens with zero attached hydrogens (tertiary/aromatic N) is 2. The van der Waals surface area contributed by atoms with Crippen molar-refractivity contribution in [2.45, 2.75) is 46.2 Å². The molecule has 3 N–H and O–H groups in total. The first-order valence-electron chi connectivity index (χ1n) is 10.2. The third-order valence-corrected chi connectivity index (χ3v) is 4.76. The smallest absolute Gasteiger partial charge is 0.207 e. The lowest BCUT2D eigenvalue weighted by molar-refractivity contribution is -0.110. The fourth-order valence-corrected chi connectivity index (χ4v) is 3.28. The summed E-state index contributed by atoms with van der Waals surface area (Å²) in [5.74, 6) is -0.201. The summed E-state index contributed by atoms with van der Waals surface area (Å²) in [5.41, 5.74) is 7.69. The maximum atomic E-state index is 13.7. The van der Waals surface area contributed by atoms with Gasteiger partial charge in [-0.3, -0.25) is 14.3 Å². The van der Waals surface area contributed by atoms with Crippen LogP contribution < -0.4 is 11.1 Å². The molecule has 172 valence electrons. The molecule has 0 saturated heterocycles. The largest absolute Gasteiger partial charge is 0.372 e. The second-order valence-electron chi connectivity index (χ2n) is 7.13. The third kappa shape index (κ3) is 7.81. The molecule has 0 saturated carbocycles. The fourth-order valence-electron chi connectivity index (χ4n) is 3.08. The van der Waals surface area contributed by atoms with Crippen molar-refractivity contribution in [3.05, 3.63) is 76.7 Å². The molecule has 3 rings (SSSR count). The van der Waals surface area contributed by atoms with Gasteiger partial charge in [0.1, 0.15) is 5.82 Å². The molecule has 0 aliphatic rings. The molecular formula is C24H30ClFN4O2. The molecule has 32 heavy (non-hydrogen) atoms. The van der Waals surface area contributed by atoms with Gasteiger partial charge in [-0.15, -0.1) is 0 Å². The molecule has 1 aromatic heterocycles. The highest BCUT2D eigenvalue weighted by atomic mass is 35.5. The van der Waals surface area contributed by atoms with Gasteiger partial charge in [0.15, 0.2) is 0 Å². The lowest BCUT2D eigenvalue weighted by Crippen LogP contribution is -2.18. The van der Waals surface area contributed by atoms with Gasteiger partial charge >= 0.3 is 0 Å². The Morgan fingerprint density at radius 2 is 1.84 bits per heavy atom. The summed E-state index contributed by atoms with van der Waals surface area (Å²) in [6, 6.07) is 14.6. The Bertz CT molecular complexity index is 992. The van der Waals surface area contributed by atoms with E-state index in [4.69, 9.17) is 16.4 Å². The number of aryl methyl sites for hydroxylation is 1. The highest BCUT2D eigenvalue weighted by Gasteiger charge is 2.15. The number of aromatic nitrogens is 2. The van der Waals surface area contributed by atoms with E-state index in [2.05, 4.69) is 16.1 Å². The van der Waals surface area contributed by atoms with E-state index in [-0.39, 0.29) is 24.3 Å². The van der Waals surface area contributed by atoms with Crippen molar-refractivity contribution in [2.24, 2.45) is 5.73 Å². The second kappa shape index (κ2) is 14.0. The number of nitrogens with two attached hydrogens (primary N) is 1. The lowest BCUT2D eigenvalue weighted by Gasteiger charge is -2.13. The number of primary amides is 1. The van der Waals surface area contributed by atoms with Gasteiger partial charge in [-0.05, 0) is 62.6 Å². The molecule has 6 nitrogen and oxygen atoms in total. The molecule has 0 aliphatic heterocycles. The van der Waals surface area contributed by atoms with Crippen LogP contribution in [-0.4, -0.2) is 22.6 Å². The van der Waals surface area contributed by atoms with Gasteiger partial charge in [-0.2, -0.15) is 5.10 Å². The first kappa shape index (κ1) is 26.8. The van der Waals surface area contributed by atoms with E-state index in [1.54, 1.807) is 18.3 Å². The number of rotatable bonds is 6. The highest BCUT2D eigenvalue weighted by Crippen LogP contribution is 2.27. The molecule has 1 unspecified atom stereocenters. The van der Waals surface area contributed by atoms with Crippen LogP contribution in [0.2, 0.25) is 5.02 Å². The Balaban J connectivity index is 0.000000291. The lowest BCUT2D eigenvalue weighted by atomic mass is 10.1. The highest BCUT2D eigenvalue weighted by molar-refractivity contribution is 6.30. The third-order valence-electron chi connectivity index (χ3n) is 4.53. The predicted octanol–water partition coefficient (Wildman–Crippen LogP) is 5.22. The SMILES string of the molecule is CCC(NC=O)c1cccc(Cl)c1.Cc1cnn(C(C)C)c1-c1ccccc1F.NC=O. The second-order valence-corrected chi connectivity index (χ2v) is 7.57. The predicted molar refractivity (Wildman–Crippen MR) is 127 cm³/mol. The Morgan fingerprint density at radius 3 is 2.38 bits per heavy atom. The van der Waals surface area contributed by atoms with Crippen LogP contribution in [0.1, 0.15) is 50.4 Å². The molecule has 1 atom stereocenters. The van der Waals surface area contributed by atoms with Crippen molar-refractivity contribution in [1.82, 2.24) is 15.1 Å². The van der Waals surface area contributed by atoms with Gasteiger partial charge in [0.25, 0.3) is 0 Å². The summed E-state index contributed by atoms with van der Waals surface area (Å²) in [5, 5.41) is 7.72. The minimum Gasteiger partial charge on any atom is -0.372 e. The van der Waals surface area contributed by atoms with Gasteiger partial charge in [-0.1, -0.05) is 42.8 Å². The molecule has 0 radical (unpaired) electrons. The van der Waals surface area contributed by atoms with Gasteiger partial charge in [0, 0.05) is 16.6 Å². The minimum absolute atomic E-state index is 0.0659. The molecule has 1 heterocycles. The van der Waals surface area contributed by atoms with E-state index in [0.717, 1.165) is 29.7 Å². The summed E-state index contributed by atoms with van der Waals surface area (Å²) in [7, 11) is 0. The number of benzene rings is 2. The van der Waals surface area contributed by atoms with Crippen LogP contribution in [0.5, 0.6) is 0 Å². The van der Waals surface area contributed by atoms with Crippen molar-refractivity contribution in [3.8, 4) is 11.3 Å². The normalized spacial score (nSPS) is 10.8. The molecule has 2 amide bonds. The molecule has 3 aromatic rings. The molecule has 0 bridgehead atoms. The van der Waals surface area contributed by atoms with Crippen molar-refractivity contribution in [1.29, 1.82) is 0 Å². The molecule has 8 heteroatoms. The van der Waals surface area contributed by atoms with E-state index in [1.807, 2.05) is 62.7 Å². The van der Waals surface area contributed by atoms with Crippen LogP contribution in [0, 0.1) is 12.7 Å². The maximum absolute atomic E-state index is 13.7.